The fourth-order valence-electron chi connectivity index (χ4n) is 3.57. The Bertz CT molecular complexity index is 755. The van der Waals surface area contributed by atoms with Crippen LogP contribution < -0.4 is 4.90 Å². The number of aryl methyl sites for hydroxylation is 1. The average molecular weight is 372 g/mol. The van der Waals surface area contributed by atoms with E-state index in [4.69, 9.17) is 9.72 Å². The van der Waals surface area contributed by atoms with Gasteiger partial charge in [0.25, 0.3) is 0 Å². The summed E-state index contributed by atoms with van der Waals surface area (Å²) >= 11 is 1.41. The minimum atomic E-state index is -0.103. The topological polar surface area (TPSA) is 58.6 Å². The van der Waals surface area contributed by atoms with E-state index in [2.05, 4.69) is 40.5 Å². The van der Waals surface area contributed by atoms with Gasteiger partial charge in [0.1, 0.15) is 11.9 Å². The minimum Gasteiger partial charge on any atom is -0.378 e. The quantitative estimate of drug-likeness (QED) is 0.824. The van der Waals surface area contributed by atoms with E-state index in [-0.39, 0.29) is 11.9 Å². The van der Waals surface area contributed by atoms with Gasteiger partial charge < -0.3 is 14.5 Å². The number of morpholine rings is 1. The number of ether oxygens (including phenoxy) is 1. The van der Waals surface area contributed by atoms with Crippen LogP contribution in [0.25, 0.3) is 0 Å². The van der Waals surface area contributed by atoms with Gasteiger partial charge in [-0.05, 0) is 25.3 Å². The molecule has 0 spiro atoms. The first-order chi connectivity index (χ1) is 12.7. The first-order valence-corrected chi connectivity index (χ1v) is 9.99. The number of benzene rings is 1. The van der Waals surface area contributed by atoms with E-state index in [0.29, 0.717) is 26.3 Å². The Kier molecular flexibility index (Phi) is 5.17. The zero-order valence-electron chi connectivity index (χ0n) is 15.1. The fourth-order valence-corrected chi connectivity index (χ4v) is 4.33. The number of hydrogen-bond donors (Lipinski definition) is 0. The van der Waals surface area contributed by atoms with E-state index in [1.165, 1.54) is 22.7 Å². The van der Waals surface area contributed by atoms with Crippen molar-refractivity contribution in [2.75, 3.05) is 37.7 Å². The lowest BCUT2D eigenvalue weighted by atomic mass is 10.1. The zero-order valence-corrected chi connectivity index (χ0v) is 15.9. The molecule has 0 aliphatic carbocycles. The van der Waals surface area contributed by atoms with Crippen molar-refractivity contribution in [2.45, 2.75) is 32.2 Å². The summed E-state index contributed by atoms with van der Waals surface area (Å²) in [4.78, 5) is 21.7. The van der Waals surface area contributed by atoms with E-state index >= 15 is 0 Å². The van der Waals surface area contributed by atoms with Gasteiger partial charge in [-0.2, -0.15) is 4.37 Å². The van der Waals surface area contributed by atoms with Crippen LogP contribution in [0.1, 0.15) is 29.8 Å². The van der Waals surface area contributed by atoms with Gasteiger partial charge in [-0.3, -0.25) is 4.79 Å². The molecule has 0 N–H and O–H groups in total. The molecule has 26 heavy (non-hydrogen) atoms. The Morgan fingerprint density at radius 1 is 1.23 bits per heavy atom. The van der Waals surface area contributed by atoms with E-state index in [0.717, 1.165) is 36.8 Å². The molecule has 1 aromatic heterocycles. The predicted octanol–water partition coefficient (Wildman–Crippen LogP) is 2.26. The maximum atomic E-state index is 12.9. The Morgan fingerprint density at radius 3 is 2.77 bits per heavy atom. The summed E-state index contributed by atoms with van der Waals surface area (Å²) in [5.74, 6) is 1.04. The van der Waals surface area contributed by atoms with Gasteiger partial charge >= 0.3 is 0 Å². The third-order valence-electron chi connectivity index (χ3n) is 5.05. The van der Waals surface area contributed by atoms with Gasteiger partial charge in [-0.25, -0.2) is 4.98 Å². The molecule has 2 fully saturated rings. The summed E-state index contributed by atoms with van der Waals surface area (Å²) in [6.45, 7) is 5.62. The summed E-state index contributed by atoms with van der Waals surface area (Å²) in [7, 11) is 0. The molecule has 2 aliphatic heterocycles. The molecule has 2 aliphatic rings. The third-order valence-corrected chi connectivity index (χ3v) is 5.84. The van der Waals surface area contributed by atoms with Crippen molar-refractivity contribution in [1.29, 1.82) is 0 Å². The van der Waals surface area contributed by atoms with Crippen LogP contribution in [-0.4, -0.2) is 59.1 Å². The van der Waals surface area contributed by atoms with Crippen molar-refractivity contribution in [3.63, 3.8) is 0 Å². The van der Waals surface area contributed by atoms with Crippen LogP contribution in [-0.2, 0) is 16.0 Å². The molecule has 0 bridgehead atoms. The first kappa shape index (κ1) is 17.4. The van der Waals surface area contributed by atoms with Gasteiger partial charge in [-0.15, -0.1) is 0 Å². The first-order valence-electron chi connectivity index (χ1n) is 9.22. The lowest BCUT2D eigenvalue weighted by Crippen LogP contribution is -2.49. The molecule has 4 rings (SSSR count). The third kappa shape index (κ3) is 3.73. The SMILES string of the molecule is Cc1ccc(Cc2nsc(N3CCCC3C(=O)N3CCOCC3)n2)cc1. The highest BCUT2D eigenvalue weighted by Crippen LogP contribution is 2.29. The molecule has 0 radical (unpaired) electrons. The lowest BCUT2D eigenvalue weighted by Gasteiger charge is -2.32. The molecule has 1 unspecified atom stereocenters. The van der Waals surface area contributed by atoms with Crippen LogP contribution in [0, 0.1) is 6.92 Å². The monoisotopic (exact) mass is 372 g/mol. The van der Waals surface area contributed by atoms with Crippen LogP contribution in [0.15, 0.2) is 24.3 Å². The number of aromatic nitrogens is 2. The van der Waals surface area contributed by atoms with Gasteiger partial charge in [-0.1, -0.05) is 29.8 Å². The van der Waals surface area contributed by atoms with E-state index in [1.54, 1.807) is 0 Å². The Morgan fingerprint density at radius 2 is 2.00 bits per heavy atom. The van der Waals surface area contributed by atoms with E-state index in [9.17, 15) is 4.79 Å². The minimum absolute atomic E-state index is 0.103. The molecule has 6 nitrogen and oxygen atoms in total. The number of anilines is 1. The van der Waals surface area contributed by atoms with Crippen LogP contribution >= 0.6 is 11.5 Å². The molecule has 1 aromatic carbocycles. The summed E-state index contributed by atoms with van der Waals surface area (Å²) in [6, 6.07) is 8.36. The number of carbonyl (C=O) groups is 1. The second-order valence-corrected chi connectivity index (χ2v) is 7.67. The molecule has 138 valence electrons. The largest absolute Gasteiger partial charge is 0.378 e. The standard InChI is InChI=1S/C19H24N4O2S/c1-14-4-6-15(7-5-14)13-17-20-19(26-21-17)23-8-2-3-16(23)18(24)22-9-11-25-12-10-22/h4-7,16H,2-3,8-13H2,1H3. The maximum absolute atomic E-state index is 12.9. The summed E-state index contributed by atoms with van der Waals surface area (Å²) in [5, 5.41) is 0.872. The number of nitrogens with zero attached hydrogens (tertiary/aromatic N) is 4. The Balaban J connectivity index is 1.45. The molecule has 1 atom stereocenters. The Hall–Kier alpha value is -1.99. The van der Waals surface area contributed by atoms with Crippen LogP contribution in [0.3, 0.4) is 0 Å². The maximum Gasteiger partial charge on any atom is 0.245 e. The molecule has 2 saturated heterocycles. The summed E-state index contributed by atoms with van der Waals surface area (Å²) in [6.07, 6.45) is 2.64. The summed E-state index contributed by atoms with van der Waals surface area (Å²) < 4.78 is 9.89. The van der Waals surface area contributed by atoms with Gasteiger partial charge in [0.15, 0.2) is 0 Å². The number of rotatable bonds is 4. The van der Waals surface area contributed by atoms with Crippen LogP contribution in [0.4, 0.5) is 5.13 Å². The van der Waals surface area contributed by atoms with Crippen molar-refractivity contribution in [3.8, 4) is 0 Å². The van der Waals surface area contributed by atoms with Gasteiger partial charge in [0.2, 0.25) is 11.0 Å². The Labute approximate surface area is 158 Å². The highest BCUT2D eigenvalue weighted by Gasteiger charge is 2.35. The van der Waals surface area contributed by atoms with Crippen molar-refractivity contribution >= 4 is 22.6 Å². The van der Waals surface area contributed by atoms with Crippen molar-refractivity contribution in [3.05, 3.63) is 41.2 Å². The summed E-state index contributed by atoms with van der Waals surface area (Å²) in [5.41, 5.74) is 2.46. The fraction of sp³-hybridized carbons (Fsp3) is 0.526. The number of amides is 1. The van der Waals surface area contributed by atoms with E-state index in [1.807, 2.05) is 4.90 Å². The van der Waals surface area contributed by atoms with Crippen LogP contribution in [0.2, 0.25) is 0 Å². The van der Waals surface area contributed by atoms with Crippen LogP contribution in [0.5, 0.6) is 0 Å². The number of hydrogen-bond acceptors (Lipinski definition) is 6. The van der Waals surface area contributed by atoms with Gasteiger partial charge in [0.05, 0.1) is 13.2 Å². The predicted molar refractivity (Wildman–Crippen MR) is 102 cm³/mol. The molecule has 2 aromatic rings. The highest BCUT2D eigenvalue weighted by molar-refractivity contribution is 7.09. The second-order valence-electron chi connectivity index (χ2n) is 6.94. The molecule has 0 saturated carbocycles. The lowest BCUT2D eigenvalue weighted by molar-refractivity contribution is -0.136. The second kappa shape index (κ2) is 7.72. The molecule has 7 heteroatoms. The van der Waals surface area contributed by atoms with Gasteiger partial charge in [0, 0.05) is 37.6 Å². The molecule has 1 amide bonds. The molecular formula is C19H24N4O2S. The normalized spacial score (nSPS) is 20.6. The highest BCUT2D eigenvalue weighted by atomic mass is 32.1. The number of carbonyl (C=O) groups excluding carboxylic acids is 1. The average Bonchev–Trinajstić information content (AvgIpc) is 3.33. The van der Waals surface area contributed by atoms with Crippen molar-refractivity contribution < 1.29 is 9.53 Å². The van der Waals surface area contributed by atoms with Crippen molar-refractivity contribution in [1.82, 2.24) is 14.3 Å². The van der Waals surface area contributed by atoms with E-state index < -0.39 is 0 Å². The van der Waals surface area contributed by atoms with Crippen molar-refractivity contribution in [2.24, 2.45) is 0 Å². The zero-order chi connectivity index (χ0) is 17.9. The molecular weight excluding hydrogens is 348 g/mol. The smallest absolute Gasteiger partial charge is 0.245 e. The molecule has 3 heterocycles.